The summed E-state index contributed by atoms with van der Waals surface area (Å²) in [5.41, 5.74) is 3.62. The van der Waals surface area contributed by atoms with Crippen LogP contribution in [-0.2, 0) is 9.53 Å². The lowest BCUT2D eigenvalue weighted by molar-refractivity contribution is -0.136. The first-order valence-corrected chi connectivity index (χ1v) is 4.32. The maximum absolute atomic E-state index is 11.9. The number of hydrogen-bond acceptors (Lipinski definition) is 3. The normalized spacial score (nSPS) is 16.1. The van der Waals surface area contributed by atoms with Crippen molar-refractivity contribution in [2.24, 2.45) is 5.73 Å². The van der Waals surface area contributed by atoms with E-state index in [-0.39, 0.29) is 13.0 Å². The van der Waals surface area contributed by atoms with Crippen LogP contribution in [0.4, 0.5) is 13.2 Å². The van der Waals surface area contributed by atoms with Gasteiger partial charge in [0.2, 0.25) is 5.91 Å². The lowest BCUT2D eigenvalue weighted by atomic mass is 9.97. The Bertz CT molecular complexity index is 220. The van der Waals surface area contributed by atoms with Crippen LogP contribution in [-0.4, -0.2) is 37.9 Å². The van der Waals surface area contributed by atoms with Gasteiger partial charge in [-0.05, 0) is 13.3 Å². The van der Waals surface area contributed by atoms with Gasteiger partial charge in [0, 0.05) is 13.7 Å². The van der Waals surface area contributed by atoms with Gasteiger partial charge in [-0.3, -0.25) is 10.1 Å². The number of alkyl halides is 3. The highest BCUT2D eigenvalue weighted by molar-refractivity contribution is 5.84. The van der Waals surface area contributed by atoms with Gasteiger partial charge >= 0.3 is 6.18 Å². The Labute approximate surface area is 86.0 Å². The second-order valence-electron chi connectivity index (χ2n) is 3.41. The van der Waals surface area contributed by atoms with E-state index in [0.29, 0.717) is 0 Å². The second-order valence-corrected chi connectivity index (χ2v) is 3.41. The van der Waals surface area contributed by atoms with E-state index in [4.69, 9.17) is 10.5 Å². The molecular weight excluding hydrogens is 213 g/mol. The number of methoxy groups -OCH3 is 1. The smallest absolute Gasteiger partial charge is 0.385 e. The molecule has 1 atom stereocenters. The van der Waals surface area contributed by atoms with Gasteiger partial charge in [0.05, 0.1) is 12.1 Å². The Morgan fingerprint density at radius 3 is 2.33 bits per heavy atom. The van der Waals surface area contributed by atoms with Crippen molar-refractivity contribution < 1.29 is 22.7 Å². The maximum atomic E-state index is 11.9. The highest BCUT2D eigenvalue weighted by Crippen LogP contribution is 2.16. The van der Waals surface area contributed by atoms with Crippen molar-refractivity contribution in [3.63, 3.8) is 0 Å². The fraction of sp³-hybridized carbons (Fsp3) is 0.875. The number of nitrogens with one attached hydrogen (secondary N) is 1. The van der Waals surface area contributed by atoms with Crippen LogP contribution >= 0.6 is 0 Å². The van der Waals surface area contributed by atoms with Crippen molar-refractivity contribution in [2.75, 3.05) is 20.3 Å². The number of primary amides is 1. The van der Waals surface area contributed by atoms with E-state index in [1.165, 1.54) is 14.0 Å². The van der Waals surface area contributed by atoms with Gasteiger partial charge in [0.15, 0.2) is 0 Å². The van der Waals surface area contributed by atoms with Crippen LogP contribution in [0.2, 0.25) is 0 Å². The van der Waals surface area contributed by atoms with Crippen LogP contribution < -0.4 is 11.1 Å². The number of carbonyl (C=O) groups is 1. The number of amides is 1. The molecule has 7 heteroatoms. The molecule has 0 bridgehead atoms. The third kappa shape index (κ3) is 5.58. The molecule has 15 heavy (non-hydrogen) atoms. The van der Waals surface area contributed by atoms with E-state index in [2.05, 4.69) is 5.32 Å². The lowest BCUT2D eigenvalue weighted by Crippen LogP contribution is -2.56. The van der Waals surface area contributed by atoms with Crippen molar-refractivity contribution in [2.45, 2.75) is 25.1 Å². The molecule has 4 nitrogen and oxygen atoms in total. The van der Waals surface area contributed by atoms with Crippen LogP contribution in [0.1, 0.15) is 13.3 Å². The monoisotopic (exact) mass is 228 g/mol. The molecule has 0 aromatic rings. The molecule has 0 heterocycles. The lowest BCUT2D eigenvalue weighted by Gasteiger charge is -2.27. The van der Waals surface area contributed by atoms with Crippen molar-refractivity contribution >= 4 is 5.91 Å². The van der Waals surface area contributed by atoms with Crippen LogP contribution in [0.5, 0.6) is 0 Å². The van der Waals surface area contributed by atoms with Gasteiger partial charge in [-0.1, -0.05) is 0 Å². The SMILES string of the molecule is COCCC(C)(NCC(F)(F)F)C(N)=O. The molecule has 0 saturated carbocycles. The van der Waals surface area contributed by atoms with Crippen molar-refractivity contribution in [3.8, 4) is 0 Å². The summed E-state index contributed by atoms with van der Waals surface area (Å²) < 4.78 is 40.5. The molecular formula is C8H15F3N2O2. The Hall–Kier alpha value is -0.820. The molecule has 0 rings (SSSR count). The van der Waals surface area contributed by atoms with Crippen molar-refractivity contribution in [3.05, 3.63) is 0 Å². The minimum atomic E-state index is -4.37. The van der Waals surface area contributed by atoms with Gasteiger partial charge in [0.1, 0.15) is 0 Å². The molecule has 0 radical (unpaired) electrons. The van der Waals surface area contributed by atoms with E-state index in [0.717, 1.165) is 0 Å². The van der Waals surface area contributed by atoms with Gasteiger partial charge in [-0.15, -0.1) is 0 Å². The average Bonchev–Trinajstić information content (AvgIpc) is 2.10. The molecule has 3 N–H and O–H groups in total. The van der Waals surface area contributed by atoms with Crippen molar-refractivity contribution in [1.82, 2.24) is 5.32 Å². The summed E-state index contributed by atoms with van der Waals surface area (Å²) in [6.07, 6.45) is -4.28. The molecule has 90 valence electrons. The van der Waals surface area contributed by atoms with Crippen molar-refractivity contribution in [1.29, 1.82) is 0 Å². The third-order valence-electron chi connectivity index (χ3n) is 2.03. The number of ether oxygens (including phenoxy) is 1. The maximum Gasteiger partial charge on any atom is 0.401 e. The zero-order valence-electron chi connectivity index (χ0n) is 8.65. The molecule has 1 unspecified atom stereocenters. The minimum Gasteiger partial charge on any atom is -0.385 e. The number of nitrogens with two attached hydrogens (primary N) is 1. The van der Waals surface area contributed by atoms with Crippen LogP contribution in [0.25, 0.3) is 0 Å². The van der Waals surface area contributed by atoms with E-state index in [1.807, 2.05) is 0 Å². The number of hydrogen-bond donors (Lipinski definition) is 2. The molecule has 0 spiro atoms. The standard InChI is InChI=1S/C8H15F3N2O2/c1-7(6(12)14,3-4-15-2)13-5-8(9,10)11/h13H,3-5H2,1-2H3,(H2,12,14). The molecule has 0 saturated heterocycles. The number of halogens is 3. The summed E-state index contributed by atoms with van der Waals surface area (Å²) in [6.45, 7) is 0.223. The van der Waals surface area contributed by atoms with Gasteiger partial charge in [-0.2, -0.15) is 13.2 Å². The van der Waals surface area contributed by atoms with E-state index < -0.39 is 24.2 Å². The zero-order valence-corrected chi connectivity index (χ0v) is 8.65. The van der Waals surface area contributed by atoms with Gasteiger partial charge < -0.3 is 10.5 Å². The third-order valence-corrected chi connectivity index (χ3v) is 2.03. The zero-order chi connectivity index (χ0) is 12.1. The molecule has 0 aromatic heterocycles. The Morgan fingerprint density at radius 2 is 2.00 bits per heavy atom. The minimum absolute atomic E-state index is 0.0922. The number of carbonyl (C=O) groups excluding carboxylic acids is 1. The predicted molar refractivity (Wildman–Crippen MR) is 48.2 cm³/mol. The highest BCUT2D eigenvalue weighted by atomic mass is 19.4. The first kappa shape index (κ1) is 14.2. The first-order valence-electron chi connectivity index (χ1n) is 4.32. The molecule has 1 amide bonds. The average molecular weight is 228 g/mol. The number of rotatable bonds is 6. The van der Waals surface area contributed by atoms with Crippen LogP contribution in [0.15, 0.2) is 0 Å². The quantitative estimate of drug-likeness (QED) is 0.692. The summed E-state index contributed by atoms with van der Waals surface area (Å²) >= 11 is 0. The first-order chi connectivity index (χ1) is 6.71. The highest BCUT2D eigenvalue weighted by Gasteiger charge is 2.36. The van der Waals surface area contributed by atoms with E-state index >= 15 is 0 Å². The summed E-state index contributed by atoms with van der Waals surface area (Å²) in [6, 6.07) is 0. The summed E-state index contributed by atoms with van der Waals surface area (Å²) in [5.74, 6) is -0.830. The Morgan fingerprint density at radius 1 is 1.47 bits per heavy atom. The van der Waals surface area contributed by atoms with Crippen LogP contribution in [0, 0.1) is 0 Å². The summed E-state index contributed by atoms with van der Waals surface area (Å²) in [5, 5.41) is 2.09. The van der Waals surface area contributed by atoms with Gasteiger partial charge in [-0.25, -0.2) is 0 Å². The Balaban J connectivity index is 4.32. The fourth-order valence-corrected chi connectivity index (χ4v) is 0.900. The van der Waals surface area contributed by atoms with E-state index in [1.54, 1.807) is 0 Å². The predicted octanol–water partition coefficient (Wildman–Crippen LogP) is 0.419. The second kappa shape index (κ2) is 5.32. The summed E-state index contributed by atoms with van der Waals surface area (Å²) in [7, 11) is 1.39. The molecule has 0 aliphatic rings. The largest absolute Gasteiger partial charge is 0.401 e. The molecule has 0 aliphatic heterocycles. The summed E-state index contributed by atoms with van der Waals surface area (Å²) in [4.78, 5) is 11.0. The fourth-order valence-electron chi connectivity index (χ4n) is 0.900. The van der Waals surface area contributed by atoms with Crippen LogP contribution in [0.3, 0.4) is 0 Å². The van der Waals surface area contributed by atoms with E-state index in [9.17, 15) is 18.0 Å². The van der Waals surface area contributed by atoms with Gasteiger partial charge in [0.25, 0.3) is 0 Å². The Kier molecular flexibility index (Phi) is 5.02. The molecule has 0 fully saturated rings. The molecule has 0 aliphatic carbocycles. The molecule has 0 aromatic carbocycles. The topological polar surface area (TPSA) is 64.3 Å².